The van der Waals surface area contributed by atoms with Gasteiger partial charge in [-0.3, -0.25) is 0 Å². The Kier molecular flexibility index (Phi) is 5.90. The monoisotopic (exact) mass is 242 g/mol. The number of hydrogen-bond acceptors (Lipinski definition) is 3. The zero-order valence-electron chi connectivity index (χ0n) is 12.0. The Bertz CT molecular complexity index is 216. The van der Waals surface area contributed by atoms with Crippen LogP contribution >= 0.6 is 0 Å². The molecule has 3 heteroatoms. The molecule has 1 aliphatic rings. The molecule has 3 atom stereocenters. The smallest absolute Gasteiger partial charge is 0.0610 e. The van der Waals surface area contributed by atoms with Crippen LogP contribution in [0.1, 0.15) is 46.5 Å². The predicted molar refractivity (Wildman–Crippen MR) is 73.2 cm³/mol. The first-order valence-corrected chi connectivity index (χ1v) is 7.06. The molecule has 0 amide bonds. The van der Waals surface area contributed by atoms with Crippen LogP contribution < -0.4 is 5.32 Å². The molecule has 0 bridgehead atoms. The number of piperidine rings is 1. The Morgan fingerprint density at radius 1 is 1.41 bits per heavy atom. The Hall–Kier alpha value is -0.120. The largest absolute Gasteiger partial charge is 0.394 e. The molecule has 3 unspecified atom stereocenters. The minimum atomic E-state index is -0.107. The van der Waals surface area contributed by atoms with Crippen LogP contribution in [0.25, 0.3) is 0 Å². The van der Waals surface area contributed by atoms with Crippen molar-refractivity contribution in [3.8, 4) is 0 Å². The van der Waals surface area contributed by atoms with Crippen LogP contribution in [0.4, 0.5) is 0 Å². The van der Waals surface area contributed by atoms with E-state index in [9.17, 15) is 5.11 Å². The van der Waals surface area contributed by atoms with Crippen LogP contribution in [-0.2, 0) is 0 Å². The van der Waals surface area contributed by atoms with Gasteiger partial charge in [0.1, 0.15) is 0 Å². The van der Waals surface area contributed by atoms with Gasteiger partial charge < -0.3 is 15.3 Å². The third kappa shape index (κ3) is 4.23. The molecule has 2 N–H and O–H groups in total. The summed E-state index contributed by atoms with van der Waals surface area (Å²) in [5.74, 6) is 0.831. The molecule has 3 nitrogen and oxygen atoms in total. The number of nitrogens with one attached hydrogen (secondary N) is 1. The average Bonchev–Trinajstić information content (AvgIpc) is 2.34. The van der Waals surface area contributed by atoms with E-state index in [1.165, 1.54) is 25.9 Å². The first-order valence-electron chi connectivity index (χ1n) is 7.06. The summed E-state index contributed by atoms with van der Waals surface area (Å²) in [5, 5.41) is 12.6. The van der Waals surface area contributed by atoms with E-state index in [0.29, 0.717) is 0 Å². The van der Waals surface area contributed by atoms with Crippen molar-refractivity contribution >= 4 is 0 Å². The lowest BCUT2D eigenvalue weighted by atomic mass is 9.91. The number of hydrogen-bond donors (Lipinski definition) is 2. The van der Waals surface area contributed by atoms with Crippen molar-refractivity contribution in [3.63, 3.8) is 0 Å². The number of nitrogens with zero attached hydrogens (tertiary/aromatic N) is 1. The second-order valence-electron chi connectivity index (χ2n) is 5.97. The van der Waals surface area contributed by atoms with Crippen LogP contribution in [0.3, 0.4) is 0 Å². The second kappa shape index (κ2) is 6.72. The molecule has 1 heterocycles. The molecule has 102 valence electrons. The molecule has 0 aromatic carbocycles. The molecule has 1 fully saturated rings. The van der Waals surface area contributed by atoms with Crippen LogP contribution in [-0.4, -0.2) is 48.3 Å². The molecule has 0 radical (unpaired) electrons. The molecule has 17 heavy (non-hydrogen) atoms. The minimum absolute atomic E-state index is 0.107. The molecule has 1 aliphatic heterocycles. The molecule has 1 rings (SSSR count). The van der Waals surface area contributed by atoms with Gasteiger partial charge in [0, 0.05) is 11.6 Å². The lowest BCUT2D eigenvalue weighted by Gasteiger charge is -2.38. The maximum atomic E-state index is 9.34. The highest BCUT2D eigenvalue weighted by Crippen LogP contribution is 2.23. The van der Waals surface area contributed by atoms with Gasteiger partial charge in [0.25, 0.3) is 0 Å². The zero-order chi connectivity index (χ0) is 12.9. The summed E-state index contributed by atoms with van der Waals surface area (Å²) in [6, 6.07) is 0.721. The van der Waals surface area contributed by atoms with Crippen molar-refractivity contribution in [2.24, 2.45) is 5.92 Å². The van der Waals surface area contributed by atoms with E-state index in [4.69, 9.17) is 0 Å². The van der Waals surface area contributed by atoms with E-state index in [1.807, 2.05) is 7.05 Å². The second-order valence-corrected chi connectivity index (χ2v) is 5.97. The summed E-state index contributed by atoms with van der Waals surface area (Å²) in [4.78, 5) is 2.61. The van der Waals surface area contributed by atoms with Gasteiger partial charge in [-0.05, 0) is 65.6 Å². The van der Waals surface area contributed by atoms with Crippen molar-refractivity contribution < 1.29 is 5.11 Å². The van der Waals surface area contributed by atoms with E-state index in [2.05, 4.69) is 31.0 Å². The Labute approximate surface area is 107 Å². The van der Waals surface area contributed by atoms with Gasteiger partial charge in [-0.1, -0.05) is 6.92 Å². The van der Waals surface area contributed by atoms with Crippen molar-refractivity contribution in [3.05, 3.63) is 0 Å². The normalized spacial score (nSPS) is 30.2. The summed E-state index contributed by atoms with van der Waals surface area (Å²) in [6.45, 7) is 9.45. The fourth-order valence-corrected chi connectivity index (χ4v) is 2.69. The van der Waals surface area contributed by atoms with Gasteiger partial charge in [-0.25, -0.2) is 0 Å². The van der Waals surface area contributed by atoms with Gasteiger partial charge in [0.05, 0.1) is 6.61 Å². The molecular weight excluding hydrogens is 212 g/mol. The van der Waals surface area contributed by atoms with Crippen LogP contribution in [0.15, 0.2) is 0 Å². The average molecular weight is 242 g/mol. The van der Waals surface area contributed by atoms with Crippen molar-refractivity contribution in [1.82, 2.24) is 10.2 Å². The topological polar surface area (TPSA) is 35.5 Å². The number of aliphatic hydroxyl groups excluding tert-OH is 1. The summed E-state index contributed by atoms with van der Waals surface area (Å²) >= 11 is 0. The van der Waals surface area contributed by atoms with Crippen LogP contribution in [0, 0.1) is 5.92 Å². The molecular formula is C14H30N2O. The summed E-state index contributed by atoms with van der Waals surface area (Å²) in [7, 11) is 1.93. The van der Waals surface area contributed by atoms with Crippen molar-refractivity contribution in [1.29, 1.82) is 0 Å². The van der Waals surface area contributed by atoms with Crippen LogP contribution in [0.2, 0.25) is 0 Å². The molecule has 0 spiro atoms. The number of likely N-dealkylation sites (tertiary alicyclic amines) is 1. The first-order chi connectivity index (χ1) is 8.02. The number of rotatable bonds is 6. The summed E-state index contributed by atoms with van der Waals surface area (Å²) < 4.78 is 0. The summed E-state index contributed by atoms with van der Waals surface area (Å²) in [6.07, 6.45) is 4.92. The van der Waals surface area contributed by atoms with Crippen molar-refractivity contribution in [2.75, 3.05) is 26.7 Å². The standard InChI is InChI=1S/C14H30N2O/c1-12-7-5-9-16(13(12)2)10-6-8-14(3,11-17)15-4/h12-13,15,17H,5-11H2,1-4H3. The zero-order valence-corrected chi connectivity index (χ0v) is 12.0. The molecule has 0 aromatic rings. The van der Waals surface area contributed by atoms with Gasteiger partial charge in [-0.15, -0.1) is 0 Å². The quantitative estimate of drug-likeness (QED) is 0.746. The van der Waals surface area contributed by atoms with Gasteiger partial charge in [-0.2, -0.15) is 0 Å². The van der Waals surface area contributed by atoms with E-state index in [-0.39, 0.29) is 12.1 Å². The van der Waals surface area contributed by atoms with Gasteiger partial charge in [0.2, 0.25) is 0 Å². The lowest BCUT2D eigenvalue weighted by molar-refractivity contribution is 0.103. The van der Waals surface area contributed by atoms with E-state index in [1.54, 1.807) is 0 Å². The van der Waals surface area contributed by atoms with E-state index >= 15 is 0 Å². The van der Waals surface area contributed by atoms with E-state index in [0.717, 1.165) is 24.8 Å². The Morgan fingerprint density at radius 3 is 2.71 bits per heavy atom. The maximum Gasteiger partial charge on any atom is 0.0610 e. The molecule has 0 aliphatic carbocycles. The Morgan fingerprint density at radius 2 is 2.12 bits per heavy atom. The van der Waals surface area contributed by atoms with Gasteiger partial charge in [0.15, 0.2) is 0 Å². The summed E-state index contributed by atoms with van der Waals surface area (Å²) in [5.41, 5.74) is -0.107. The van der Waals surface area contributed by atoms with Crippen LogP contribution in [0.5, 0.6) is 0 Å². The fourth-order valence-electron chi connectivity index (χ4n) is 2.69. The third-order valence-electron chi connectivity index (χ3n) is 4.63. The molecule has 0 aromatic heterocycles. The number of aliphatic hydroxyl groups is 1. The number of likely N-dealkylation sites (N-methyl/N-ethyl adjacent to an activating group) is 1. The lowest BCUT2D eigenvalue weighted by Crippen LogP contribution is -2.46. The highest BCUT2D eigenvalue weighted by atomic mass is 16.3. The minimum Gasteiger partial charge on any atom is -0.394 e. The van der Waals surface area contributed by atoms with Gasteiger partial charge >= 0.3 is 0 Å². The maximum absolute atomic E-state index is 9.34. The highest BCUT2D eigenvalue weighted by molar-refractivity contribution is 4.83. The molecule has 1 saturated heterocycles. The highest BCUT2D eigenvalue weighted by Gasteiger charge is 2.25. The first kappa shape index (κ1) is 14.9. The Balaban J connectivity index is 2.30. The molecule has 0 saturated carbocycles. The van der Waals surface area contributed by atoms with Crippen molar-refractivity contribution in [2.45, 2.75) is 58.0 Å². The fraction of sp³-hybridized carbons (Fsp3) is 1.00. The predicted octanol–water partition coefficient (Wildman–Crippen LogP) is 1.86. The third-order valence-corrected chi connectivity index (χ3v) is 4.63. The SMILES string of the molecule is CNC(C)(CO)CCCN1CCCC(C)C1C. The van der Waals surface area contributed by atoms with E-state index < -0.39 is 0 Å².